The van der Waals surface area contributed by atoms with Gasteiger partial charge in [-0.3, -0.25) is 4.79 Å². The van der Waals surface area contributed by atoms with Crippen molar-refractivity contribution in [3.05, 3.63) is 96.1 Å². The van der Waals surface area contributed by atoms with E-state index >= 15 is 0 Å². The predicted octanol–water partition coefficient (Wildman–Crippen LogP) is 5.17. The Hall–Kier alpha value is -4.19. The van der Waals surface area contributed by atoms with Gasteiger partial charge in [-0.2, -0.15) is 0 Å². The van der Waals surface area contributed by atoms with Gasteiger partial charge in [0.2, 0.25) is 0 Å². The number of rotatable bonds is 2. The summed E-state index contributed by atoms with van der Waals surface area (Å²) >= 11 is 0. The molecular weight excluding hydrogens is 384 g/mol. The predicted molar refractivity (Wildman–Crippen MR) is 115 cm³/mol. The standard InChI is InChI=1S/2C11H8O2.C2H4O2/c2*12-11(13)10-7-3-5-8-4-1-2-6-9(8)10;1-2(3)4/h2*1-7H,(H,12,13);1H3,(H,3,4). The lowest BCUT2D eigenvalue weighted by Gasteiger charge is -2.00. The van der Waals surface area contributed by atoms with E-state index in [4.69, 9.17) is 20.1 Å². The summed E-state index contributed by atoms with van der Waals surface area (Å²) in [7, 11) is 0. The molecule has 4 aromatic rings. The van der Waals surface area contributed by atoms with E-state index in [-0.39, 0.29) is 0 Å². The van der Waals surface area contributed by atoms with E-state index < -0.39 is 17.9 Å². The van der Waals surface area contributed by atoms with Gasteiger partial charge in [0, 0.05) is 6.92 Å². The van der Waals surface area contributed by atoms with Crippen LogP contribution in [-0.4, -0.2) is 33.2 Å². The van der Waals surface area contributed by atoms with Gasteiger partial charge in [0.1, 0.15) is 0 Å². The van der Waals surface area contributed by atoms with Crippen molar-refractivity contribution in [1.29, 1.82) is 0 Å². The first kappa shape index (κ1) is 22.1. The van der Waals surface area contributed by atoms with Crippen LogP contribution in [0.5, 0.6) is 0 Å². The summed E-state index contributed by atoms with van der Waals surface area (Å²) in [5.41, 5.74) is 0.719. The molecule has 30 heavy (non-hydrogen) atoms. The molecule has 4 aromatic carbocycles. The van der Waals surface area contributed by atoms with E-state index in [1.54, 1.807) is 24.3 Å². The average molecular weight is 404 g/mol. The minimum atomic E-state index is -0.878. The van der Waals surface area contributed by atoms with Gasteiger partial charge < -0.3 is 15.3 Å². The van der Waals surface area contributed by atoms with Gasteiger partial charge in [0.05, 0.1) is 11.1 Å². The van der Waals surface area contributed by atoms with Crippen molar-refractivity contribution in [2.45, 2.75) is 6.92 Å². The second-order valence-electron chi connectivity index (χ2n) is 6.18. The van der Waals surface area contributed by atoms with Crippen LogP contribution < -0.4 is 0 Å². The third kappa shape index (κ3) is 5.90. The second-order valence-corrected chi connectivity index (χ2v) is 6.18. The van der Waals surface area contributed by atoms with Crippen LogP contribution in [0.1, 0.15) is 27.6 Å². The number of aromatic carboxylic acids is 2. The third-order valence-electron chi connectivity index (χ3n) is 4.04. The Kier molecular flexibility index (Phi) is 7.65. The van der Waals surface area contributed by atoms with Gasteiger partial charge in [-0.15, -0.1) is 0 Å². The van der Waals surface area contributed by atoms with Crippen LogP contribution in [0.4, 0.5) is 0 Å². The molecule has 0 bridgehead atoms. The second kappa shape index (κ2) is 10.4. The van der Waals surface area contributed by atoms with Gasteiger partial charge in [0.15, 0.2) is 0 Å². The largest absolute Gasteiger partial charge is 0.481 e. The lowest BCUT2D eigenvalue weighted by atomic mass is 10.1. The molecule has 0 radical (unpaired) electrons. The van der Waals surface area contributed by atoms with Crippen molar-refractivity contribution in [3.8, 4) is 0 Å². The molecule has 3 N–H and O–H groups in total. The monoisotopic (exact) mass is 404 g/mol. The summed E-state index contributed by atoms with van der Waals surface area (Å²) < 4.78 is 0. The molecule has 152 valence electrons. The quantitative estimate of drug-likeness (QED) is 0.425. The number of benzene rings is 4. The molecule has 6 nitrogen and oxygen atoms in total. The van der Waals surface area contributed by atoms with Crippen molar-refractivity contribution in [2.75, 3.05) is 0 Å². The molecule has 0 aromatic heterocycles. The maximum Gasteiger partial charge on any atom is 0.336 e. The number of fused-ring (bicyclic) bond motifs is 2. The fourth-order valence-corrected chi connectivity index (χ4v) is 2.82. The highest BCUT2D eigenvalue weighted by atomic mass is 16.4. The zero-order chi connectivity index (χ0) is 22.1. The number of hydrogen-bond donors (Lipinski definition) is 3. The fourth-order valence-electron chi connectivity index (χ4n) is 2.82. The number of carboxylic acid groups (broad SMARTS) is 3. The van der Waals surface area contributed by atoms with E-state index in [1.165, 1.54) is 0 Å². The van der Waals surface area contributed by atoms with Gasteiger partial charge in [0.25, 0.3) is 5.97 Å². The maximum atomic E-state index is 10.8. The minimum Gasteiger partial charge on any atom is -0.481 e. The van der Waals surface area contributed by atoms with Gasteiger partial charge in [-0.05, 0) is 33.7 Å². The smallest absolute Gasteiger partial charge is 0.336 e. The van der Waals surface area contributed by atoms with E-state index in [2.05, 4.69) is 0 Å². The summed E-state index contributed by atoms with van der Waals surface area (Å²) in [5.74, 6) is -2.59. The van der Waals surface area contributed by atoms with Gasteiger partial charge >= 0.3 is 11.9 Å². The zero-order valence-corrected chi connectivity index (χ0v) is 16.1. The van der Waals surface area contributed by atoms with Crippen molar-refractivity contribution >= 4 is 39.5 Å². The normalized spacial score (nSPS) is 9.63. The molecule has 6 heteroatoms. The molecule has 0 atom stereocenters. The molecular formula is C24H20O6. The molecule has 0 aliphatic carbocycles. The Balaban J connectivity index is 0.000000182. The fraction of sp³-hybridized carbons (Fsp3) is 0.0417. The average Bonchev–Trinajstić information content (AvgIpc) is 2.73. The van der Waals surface area contributed by atoms with Crippen molar-refractivity contribution in [2.24, 2.45) is 0 Å². The van der Waals surface area contributed by atoms with Crippen molar-refractivity contribution in [3.63, 3.8) is 0 Å². The van der Waals surface area contributed by atoms with Crippen LogP contribution in [0, 0.1) is 0 Å². The Bertz CT molecular complexity index is 1090. The Labute approximate surface area is 172 Å². The van der Waals surface area contributed by atoms with Crippen LogP contribution in [-0.2, 0) is 4.79 Å². The van der Waals surface area contributed by atoms with E-state index in [1.807, 2.05) is 60.7 Å². The van der Waals surface area contributed by atoms with Crippen molar-refractivity contribution in [1.82, 2.24) is 0 Å². The summed E-state index contributed by atoms with van der Waals surface area (Å²) in [5, 5.41) is 28.7. The van der Waals surface area contributed by atoms with E-state index in [0.29, 0.717) is 11.1 Å². The van der Waals surface area contributed by atoms with Crippen LogP contribution in [0.15, 0.2) is 84.9 Å². The van der Waals surface area contributed by atoms with Gasteiger partial charge in [-0.1, -0.05) is 72.8 Å². The highest BCUT2D eigenvalue weighted by Gasteiger charge is 2.06. The minimum absolute atomic E-state index is 0.359. The molecule has 0 unspecified atom stereocenters. The summed E-state index contributed by atoms with van der Waals surface area (Å²) in [6.07, 6.45) is 0. The number of hydrogen-bond acceptors (Lipinski definition) is 3. The molecule has 0 fully saturated rings. The summed E-state index contributed by atoms with van der Waals surface area (Å²) in [6.45, 7) is 1.08. The molecule has 4 rings (SSSR count). The van der Waals surface area contributed by atoms with Crippen LogP contribution in [0.25, 0.3) is 21.5 Å². The van der Waals surface area contributed by atoms with Crippen molar-refractivity contribution < 1.29 is 29.7 Å². The molecule has 0 saturated carbocycles. The van der Waals surface area contributed by atoms with Gasteiger partial charge in [-0.25, -0.2) is 9.59 Å². The van der Waals surface area contributed by atoms with E-state index in [0.717, 1.165) is 28.5 Å². The highest BCUT2D eigenvalue weighted by Crippen LogP contribution is 2.18. The Morgan fingerprint density at radius 3 is 1.17 bits per heavy atom. The molecule has 0 saturated heterocycles. The molecule has 0 amide bonds. The highest BCUT2D eigenvalue weighted by molar-refractivity contribution is 6.04. The van der Waals surface area contributed by atoms with E-state index in [9.17, 15) is 9.59 Å². The van der Waals surface area contributed by atoms with Crippen LogP contribution >= 0.6 is 0 Å². The topological polar surface area (TPSA) is 112 Å². The summed E-state index contributed by atoms with van der Waals surface area (Å²) in [6, 6.07) is 25.5. The molecule has 0 heterocycles. The zero-order valence-electron chi connectivity index (χ0n) is 16.1. The summed E-state index contributed by atoms with van der Waals surface area (Å²) in [4.78, 5) is 30.6. The lowest BCUT2D eigenvalue weighted by Crippen LogP contribution is -1.96. The Morgan fingerprint density at radius 2 is 0.833 bits per heavy atom. The maximum absolute atomic E-state index is 10.8. The lowest BCUT2D eigenvalue weighted by molar-refractivity contribution is -0.134. The number of carbonyl (C=O) groups is 3. The first-order chi connectivity index (χ1) is 14.3. The number of aliphatic carboxylic acids is 1. The molecule has 0 aliphatic rings. The molecule has 0 aliphatic heterocycles. The first-order valence-corrected chi connectivity index (χ1v) is 8.93. The number of carboxylic acids is 3. The van der Waals surface area contributed by atoms with Crippen LogP contribution in [0.3, 0.4) is 0 Å². The first-order valence-electron chi connectivity index (χ1n) is 8.93. The molecule has 0 spiro atoms. The third-order valence-corrected chi connectivity index (χ3v) is 4.04. The Morgan fingerprint density at radius 1 is 0.533 bits per heavy atom. The SMILES string of the molecule is CC(=O)O.O=C(O)c1cccc2ccccc12.O=C(O)c1cccc2ccccc12. The van der Waals surface area contributed by atoms with Crippen LogP contribution in [0.2, 0.25) is 0 Å².